The van der Waals surface area contributed by atoms with Gasteiger partial charge >= 0.3 is 0 Å². The topological polar surface area (TPSA) is 63.8 Å². The third-order valence-corrected chi connectivity index (χ3v) is 3.36. The highest BCUT2D eigenvalue weighted by atomic mass is 15.2. The van der Waals surface area contributed by atoms with Crippen molar-refractivity contribution in [3.05, 3.63) is 71.7 Å². The van der Waals surface area contributed by atoms with Gasteiger partial charge in [0, 0.05) is 24.0 Å². The van der Waals surface area contributed by atoms with Crippen molar-refractivity contribution in [2.75, 3.05) is 0 Å². The first kappa shape index (κ1) is 12.7. The van der Waals surface area contributed by atoms with Crippen LogP contribution in [-0.2, 0) is 0 Å². The van der Waals surface area contributed by atoms with Crippen molar-refractivity contribution in [2.24, 2.45) is 5.84 Å². The van der Waals surface area contributed by atoms with Crippen LogP contribution in [0.4, 0.5) is 0 Å². The number of hydrogen-bond donors (Lipinski definition) is 2. The molecule has 3 rings (SSSR count). The number of fused-ring (bicyclic) bond motifs is 1. The molecule has 0 radical (unpaired) electrons. The number of aryl methyl sites for hydroxylation is 1. The van der Waals surface area contributed by atoms with E-state index in [2.05, 4.69) is 39.7 Å². The lowest BCUT2D eigenvalue weighted by Crippen LogP contribution is -2.29. The molecule has 0 saturated heterocycles. The Morgan fingerprint density at radius 1 is 1.10 bits per heavy atom. The van der Waals surface area contributed by atoms with Crippen LogP contribution in [0.15, 0.2) is 55.0 Å². The summed E-state index contributed by atoms with van der Waals surface area (Å²) >= 11 is 0. The molecule has 3 aromatic rings. The number of rotatable bonds is 3. The standard InChI is InChI=1S/C16H16N4/c1-11-7-14(10-18-9-11)16(20-17)13-5-4-12-3-2-6-19-15(12)8-13/h2-10,16,20H,17H2,1H3. The molecule has 1 unspecified atom stereocenters. The summed E-state index contributed by atoms with van der Waals surface area (Å²) in [5.41, 5.74) is 7.05. The molecule has 100 valence electrons. The highest BCUT2D eigenvalue weighted by Gasteiger charge is 2.13. The first-order valence-corrected chi connectivity index (χ1v) is 6.50. The molecule has 2 aromatic heterocycles. The minimum atomic E-state index is -0.0891. The lowest BCUT2D eigenvalue weighted by atomic mass is 9.98. The Morgan fingerprint density at radius 3 is 2.80 bits per heavy atom. The van der Waals surface area contributed by atoms with E-state index in [-0.39, 0.29) is 6.04 Å². The molecular formula is C16H16N4. The first-order chi connectivity index (χ1) is 9.78. The van der Waals surface area contributed by atoms with Gasteiger partial charge in [0.1, 0.15) is 0 Å². The van der Waals surface area contributed by atoms with Crippen LogP contribution in [0.5, 0.6) is 0 Å². The molecule has 0 fully saturated rings. The minimum Gasteiger partial charge on any atom is -0.271 e. The number of nitrogens with zero attached hydrogens (tertiary/aromatic N) is 2. The zero-order chi connectivity index (χ0) is 13.9. The van der Waals surface area contributed by atoms with Crippen molar-refractivity contribution in [3.63, 3.8) is 0 Å². The lowest BCUT2D eigenvalue weighted by molar-refractivity contribution is 0.634. The van der Waals surface area contributed by atoms with E-state index < -0.39 is 0 Å². The number of benzene rings is 1. The monoisotopic (exact) mass is 264 g/mol. The first-order valence-electron chi connectivity index (χ1n) is 6.50. The van der Waals surface area contributed by atoms with Gasteiger partial charge in [-0.05, 0) is 35.7 Å². The van der Waals surface area contributed by atoms with Crippen LogP contribution in [0.1, 0.15) is 22.7 Å². The Kier molecular flexibility index (Phi) is 3.41. The van der Waals surface area contributed by atoms with Crippen molar-refractivity contribution in [2.45, 2.75) is 13.0 Å². The number of nitrogens with two attached hydrogens (primary N) is 1. The summed E-state index contributed by atoms with van der Waals surface area (Å²) in [5, 5.41) is 1.12. The van der Waals surface area contributed by atoms with Crippen LogP contribution < -0.4 is 11.3 Å². The Bertz CT molecular complexity index is 739. The summed E-state index contributed by atoms with van der Waals surface area (Å²) in [5.74, 6) is 5.73. The van der Waals surface area contributed by atoms with Crippen molar-refractivity contribution < 1.29 is 0 Å². The van der Waals surface area contributed by atoms with Crippen molar-refractivity contribution in [1.82, 2.24) is 15.4 Å². The SMILES string of the molecule is Cc1cncc(C(NN)c2ccc3cccnc3c2)c1. The molecule has 0 spiro atoms. The molecule has 2 heterocycles. The number of aromatic nitrogens is 2. The van der Waals surface area contributed by atoms with Gasteiger partial charge in [-0.25, -0.2) is 5.43 Å². The second-order valence-electron chi connectivity index (χ2n) is 4.85. The van der Waals surface area contributed by atoms with E-state index in [0.717, 1.165) is 27.6 Å². The number of nitrogens with one attached hydrogen (secondary N) is 1. The van der Waals surface area contributed by atoms with Gasteiger partial charge in [-0.3, -0.25) is 15.8 Å². The highest BCUT2D eigenvalue weighted by molar-refractivity contribution is 5.79. The Morgan fingerprint density at radius 2 is 2.00 bits per heavy atom. The van der Waals surface area contributed by atoms with Gasteiger partial charge < -0.3 is 0 Å². The average Bonchev–Trinajstić information content (AvgIpc) is 2.48. The number of pyridine rings is 2. The predicted molar refractivity (Wildman–Crippen MR) is 79.9 cm³/mol. The summed E-state index contributed by atoms with van der Waals surface area (Å²) in [6.07, 6.45) is 5.46. The summed E-state index contributed by atoms with van der Waals surface area (Å²) in [6, 6.07) is 12.2. The second-order valence-corrected chi connectivity index (χ2v) is 4.85. The van der Waals surface area contributed by atoms with Crippen molar-refractivity contribution in [3.8, 4) is 0 Å². The largest absolute Gasteiger partial charge is 0.271 e. The lowest BCUT2D eigenvalue weighted by Gasteiger charge is -2.17. The quantitative estimate of drug-likeness (QED) is 0.563. The molecule has 4 nitrogen and oxygen atoms in total. The van der Waals surface area contributed by atoms with Crippen LogP contribution in [-0.4, -0.2) is 9.97 Å². The molecular weight excluding hydrogens is 248 g/mol. The maximum atomic E-state index is 5.73. The molecule has 4 heteroatoms. The maximum Gasteiger partial charge on any atom is 0.0725 e. The van der Waals surface area contributed by atoms with Crippen LogP contribution in [0.2, 0.25) is 0 Å². The van der Waals surface area contributed by atoms with Crippen molar-refractivity contribution >= 4 is 10.9 Å². The summed E-state index contributed by atoms with van der Waals surface area (Å²) < 4.78 is 0. The molecule has 0 aliphatic heterocycles. The van der Waals surface area contributed by atoms with Crippen LogP contribution in [0.3, 0.4) is 0 Å². The summed E-state index contributed by atoms with van der Waals surface area (Å²) in [4.78, 5) is 8.62. The van der Waals surface area contributed by atoms with E-state index in [9.17, 15) is 0 Å². The predicted octanol–water partition coefficient (Wildman–Crippen LogP) is 2.49. The summed E-state index contributed by atoms with van der Waals surface area (Å²) in [6.45, 7) is 2.02. The van der Waals surface area contributed by atoms with Gasteiger partial charge in [0.05, 0.1) is 11.6 Å². The Labute approximate surface area is 117 Å². The van der Waals surface area contributed by atoms with Gasteiger partial charge in [0.15, 0.2) is 0 Å². The molecule has 1 atom stereocenters. The molecule has 20 heavy (non-hydrogen) atoms. The molecule has 0 amide bonds. The average molecular weight is 264 g/mol. The highest BCUT2D eigenvalue weighted by Crippen LogP contribution is 2.24. The molecule has 0 bridgehead atoms. The van der Waals surface area contributed by atoms with E-state index in [1.807, 2.05) is 31.5 Å². The zero-order valence-electron chi connectivity index (χ0n) is 11.2. The Hall–Kier alpha value is -2.30. The van der Waals surface area contributed by atoms with Gasteiger partial charge in [0.25, 0.3) is 0 Å². The van der Waals surface area contributed by atoms with Crippen LogP contribution in [0.25, 0.3) is 10.9 Å². The second kappa shape index (κ2) is 5.36. The molecule has 1 aromatic carbocycles. The summed E-state index contributed by atoms with van der Waals surface area (Å²) in [7, 11) is 0. The minimum absolute atomic E-state index is 0.0891. The molecule has 0 aliphatic carbocycles. The van der Waals surface area contributed by atoms with E-state index in [1.54, 1.807) is 6.20 Å². The fourth-order valence-corrected chi connectivity index (χ4v) is 2.38. The van der Waals surface area contributed by atoms with Gasteiger partial charge in [-0.15, -0.1) is 0 Å². The van der Waals surface area contributed by atoms with E-state index in [4.69, 9.17) is 5.84 Å². The van der Waals surface area contributed by atoms with Gasteiger partial charge in [0.2, 0.25) is 0 Å². The normalized spacial score (nSPS) is 12.5. The molecule has 3 N–H and O–H groups in total. The maximum absolute atomic E-state index is 5.73. The van der Waals surface area contributed by atoms with Gasteiger partial charge in [-0.1, -0.05) is 24.3 Å². The number of hydrogen-bond acceptors (Lipinski definition) is 4. The van der Waals surface area contributed by atoms with Crippen molar-refractivity contribution in [1.29, 1.82) is 0 Å². The molecule has 0 aliphatic rings. The van der Waals surface area contributed by atoms with Gasteiger partial charge in [-0.2, -0.15) is 0 Å². The van der Waals surface area contributed by atoms with E-state index >= 15 is 0 Å². The third kappa shape index (κ3) is 2.39. The fourth-order valence-electron chi connectivity index (χ4n) is 2.38. The number of hydrazine groups is 1. The van der Waals surface area contributed by atoms with E-state index in [0.29, 0.717) is 0 Å². The van der Waals surface area contributed by atoms with E-state index in [1.165, 1.54) is 0 Å². The zero-order valence-corrected chi connectivity index (χ0v) is 11.2. The Balaban J connectivity index is 2.07. The fraction of sp³-hybridized carbons (Fsp3) is 0.125. The van der Waals surface area contributed by atoms with Crippen LogP contribution in [0, 0.1) is 6.92 Å². The molecule has 0 saturated carbocycles. The third-order valence-electron chi connectivity index (χ3n) is 3.36. The van der Waals surface area contributed by atoms with Crippen LogP contribution >= 0.6 is 0 Å². The smallest absolute Gasteiger partial charge is 0.0725 e.